The third-order valence-electron chi connectivity index (χ3n) is 2.40. The van der Waals surface area contributed by atoms with Crippen molar-refractivity contribution in [1.29, 1.82) is 0 Å². The molecule has 1 fully saturated rings. The van der Waals surface area contributed by atoms with Crippen LogP contribution >= 0.6 is 0 Å². The monoisotopic (exact) mass is 244 g/mol. The fraction of sp³-hybridized carbons (Fsp3) is 0.300. The van der Waals surface area contributed by atoms with E-state index in [1.54, 1.807) is 0 Å². The lowest BCUT2D eigenvalue weighted by molar-refractivity contribution is -0.137. The van der Waals surface area contributed by atoms with Gasteiger partial charge in [0, 0.05) is 6.42 Å². The number of carbonyl (C=O) groups is 1. The predicted molar refractivity (Wildman–Crippen MR) is 52.9 cm³/mol. The molecule has 1 heterocycles. The Morgan fingerprint density at radius 1 is 1.25 bits per heavy atom. The summed E-state index contributed by atoms with van der Waals surface area (Å²) in [5.74, 6) is -1.25. The van der Waals surface area contributed by atoms with E-state index in [-0.39, 0.29) is 17.9 Å². The topological polar surface area (TPSA) is 60.4 Å². The van der Waals surface area contributed by atoms with E-state index in [0.717, 1.165) is 24.3 Å². The first-order chi connectivity index (χ1) is 7.51. The van der Waals surface area contributed by atoms with Gasteiger partial charge in [-0.2, -0.15) is 0 Å². The van der Waals surface area contributed by atoms with Gasteiger partial charge in [0.15, 0.2) is 15.1 Å². The van der Waals surface area contributed by atoms with E-state index in [0.29, 0.717) is 0 Å². The molecule has 0 amide bonds. The van der Waals surface area contributed by atoms with Crippen molar-refractivity contribution in [3.8, 4) is 0 Å². The van der Waals surface area contributed by atoms with Crippen LogP contribution in [0.3, 0.4) is 0 Å². The van der Waals surface area contributed by atoms with Crippen LogP contribution in [-0.2, 0) is 19.4 Å². The number of sulfone groups is 1. The zero-order valence-electron chi connectivity index (χ0n) is 8.22. The molecule has 1 atom stereocenters. The summed E-state index contributed by atoms with van der Waals surface area (Å²) in [5, 5.41) is -1.15. The molecule has 1 saturated heterocycles. The summed E-state index contributed by atoms with van der Waals surface area (Å²) >= 11 is 0. The van der Waals surface area contributed by atoms with Crippen LogP contribution < -0.4 is 0 Å². The molecule has 0 aromatic heterocycles. The van der Waals surface area contributed by atoms with E-state index < -0.39 is 26.9 Å². The third kappa shape index (κ3) is 1.80. The molecule has 1 unspecified atom stereocenters. The minimum absolute atomic E-state index is 0.0576. The molecule has 0 radical (unpaired) electrons. The van der Waals surface area contributed by atoms with Crippen molar-refractivity contribution in [2.75, 3.05) is 6.61 Å². The second kappa shape index (κ2) is 3.86. The van der Waals surface area contributed by atoms with E-state index in [4.69, 9.17) is 0 Å². The van der Waals surface area contributed by atoms with Crippen LogP contribution in [0.5, 0.6) is 0 Å². The zero-order chi connectivity index (χ0) is 11.8. The summed E-state index contributed by atoms with van der Waals surface area (Å²) in [5.41, 5.74) is 0. The Bertz CT molecular complexity index is 506. The molecule has 1 aromatic rings. The van der Waals surface area contributed by atoms with Gasteiger partial charge < -0.3 is 4.74 Å². The molecular weight excluding hydrogens is 235 g/mol. The van der Waals surface area contributed by atoms with Crippen molar-refractivity contribution in [3.63, 3.8) is 0 Å². The molecule has 4 nitrogen and oxygen atoms in total. The number of halogens is 1. The number of benzene rings is 1. The van der Waals surface area contributed by atoms with Crippen molar-refractivity contribution in [2.45, 2.75) is 16.6 Å². The fourth-order valence-corrected chi connectivity index (χ4v) is 3.12. The van der Waals surface area contributed by atoms with Crippen LogP contribution in [0, 0.1) is 5.82 Å². The van der Waals surface area contributed by atoms with Crippen LogP contribution in [-0.4, -0.2) is 26.2 Å². The smallest absolute Gasteiger partial charge is 0.324 e. The highest BCUT2D eigenvalue weighted by atomic mass is 32.2. The molecule has 0 N–H and O–H groups in total. The van der Waals surface area contributed by atoms with Crippen LogP contribution in [0.1, 0.15) is 6.42 Å². The molecule has 0 spiro atoms. The largest absolute Gasteiger partial charge is 0.465 e. The Kier molecular flexibility index (Phi) is 2.67. The highest BCUT2D eigenvalue weighted by Gasteiger charge is 2.39. The predicted octanol–water partition coefficient (Wildman–Crippen LogP) is 0.915. The SMILES string of the molecule is O=C1OCCC1S(=O)(=O)c1ccc(F)cc1. The molecular formula is C10H9FO4S. The van der Waals surface area contributed by atoms with Crippen LogP contribution in [0.4, 0.5) is 4.39 Å². The van der Waals surface area contributed by atoms with Gasteiger partial charge in [-0.3, -0.25) is 4.79 Å². The number of hydrogen-bond donors (Lipinski definition) is 0. The zero-order valence-corrected chi connectivity index (χ0v) is 9.04. The quantitative estimate of drug-likeness (QED) is 0.573. The van der Waals surface area contributed by atoms with Crippen LogP contribution in [0.25, 0.3) is 0 Å². The number of ether oxygens (including phenoxy) is 1. The number of rotatable bonds is 2. The number of esters is 1. The average molecular weight is 244 g/mol. The van der Waals surface area contributed by atoms with Crippen molar-refractivity contribution in [2.24, 2.45) is 0 Å². The highest BCUT2D eigenvalue weighted by Crippen LogP contribution is 2.23. The number of carbonyl (C=O) groups excluding carboxylic acids is 1. The molecule has 0 aliphatic carbocycles. The Hall–Kier alpha value is -1.43. The Labute approximate surface area is 92.0 Å². The normalized spacial score (nSPS) is 20.8. The van der Waals surface area contributed by atoms with Crippen LogP contribution in [0.2, 0.25) is 0 Å². The Balaban J connectivity index is 2.39. The molecule has 1 aliphatic heterocycles. The van der Waals surface area contributed by atoms with E-state index >= 15 is 0 Å². The molecule has 16 heavy (non-hydrogen) atoms. The van der Waals surface area contributed by atoms with Crippen molar-refractivity contribution in [1.82, 2.24) is 0 Å². The van der Waals surface area contributed by atoms with E-state index in [1.165, 1.54) is 0 Å². The molecule has 1 aromatic carbocycles. The minimum atomic E-state index is -3.75. The van der Waals surface area contributed by atoms with Crippen molar-refractivity contribution >= 4 is 15.8 Å². The average Bonchev–Trinajstić information content (AvgIpc) is 2.66. The molecule has 0 bridgehead atoms. The van der Waals surface area contributed by atoms with Gasteiger partial charge in [-0.1, -0.05) is 0 Å². The third-order valence-corrected chi connectivity index (χ3v) is 4.51. The van der Waals surface area contributed by atoms with Gasteiger partial charge in [0.25, 0.3) is 0 Å². The molecule has 86 valence electrons. The summed E-state index contributed by atoms with van der Waals surface area (Å²) in [4.78, 5) is 11.1. The maximum atomic E-state index is 12.6. The van der Waals surface area contributed by atoms with Crippen LogP contribution in [0.15, 0.2) is 29.2 Å². The number of cyclic esters (lactones) is 1. The lowest BCUT2D eigenvalue weighted by atomic mass is 10.3. The van der Waals surface area contributed by atoms with E-state index in [2.05, 4.69) is 4.74 Å². The Morgan fingerprint density at radius 3 is 2.38 bits per heavy atom. The lowest BCUT2D eigenvalue weighted by Crippen LogP contribution is -2.25. The van der Waals surface area contributed by atoms with Gasteiger partial charge >= 0.3 is 5.97 Å². The molecule has 0 saturated carbocycles. The first kappa shape index (κ1) is 11.1. The van der Waals surface area contributed by atoms with Crippen molar-refractivity contribution < 1.29 is 22.3 Å². The second-order valence-corrected chi connectivity index (χ2v) is 5.57. The van der Waals surface area contributed by atoms with E-state index in [1.807, 2.05) is 0 Å². The van der Waals surface area contributed by atoms with Gasteiger partial charge in [-0.25, -0.2) is 12.8 Å². The standard InChI is InChI=1S/C10H9FO4S/c11-7-1-3-8(4-2-7)16(13,14)9-5-6-15-10(9)12/h1-4,9H,5-6H2. The highest BCUT2D eigenvalue weighted by molar-refractivity contribution is 7.92. The summed E-state index contributed by atoms with van der Waals surface area (Å²) in [6, 6.07) is 4.40. The summed E-state index contributed by atoms with van der Waals surface area (Å²) in [7, 11) is -3.75. The molecule has 2 rings (SSSR count). The van der Waals surface area contributed by atoms with Crippen molar-refractivity contribution in [3.05, 3.63) is 30.1 Å². The first-order valence-corrected chi connectivity index (χ1v) is 6.22. The summed E-state index contributed by atoms with van der Waals surface area (Å²) in [6.07, 6.45) is 0.151. The van der Waals surface area contributed by atoms with E-state index in [9.17, 15) is 17.6 Å². The van der Waals surface area contributed by atoms with Gasteiger partial charge in [0.1, 0.15) is 5.82 Å². The maximum absolute atomic E-state index is 12.6. The Morgan fingerprint density at radius 2 is 1.88 bits per heavy atom. The van der Waals surface area contributed by atoms with Gasteiger partial charge in [-0.05, 0) is 24.3 Å². The molecule has 1 aliphatic rings. The maximum Gasteiger partial charge on any atom is 0.324 e. The molecule has 6 heteroatoms. The van der Waals surface area contributed by atoms with Gasteiger partial charge in [0.2, 0.25) is 0 Å². The summed E-state index contributed by atoms with van der Waals surface area (Å²) < 4.78 is 41.1. The summed E-state index contributed by atoms with van der Waals surface area (Å²) in [6.45, 7) is 0.115. The van der Waals surface area contributed by atoms with Gasteiger partial charge in [-0.15, -0.1) is 0 Å². The minimum Gasteiger partial charge on any atom is -0.465 e. The second-order valence-electron chi connectivity index (χ2n) is 3.44. The lowest BCUT2D eigenvalue weighted by Gasteiger charge is -2.07. The number of hydrogen-bond acceptors (Lipinski definition) is 4. The first-order valence-electron chi connectivity index (χ1n) is 4.68. The fourth-order valence-electron chi connectivity index (χ4n) is 1.55. The van der Waals surface area contributed by atoms with Gasteiger partial charge in [0.05, 0.1) is 11.5 Å².